The average molecular weight is 573 g/mol. The van der Waals surface area contributed by atoms with Crippen LogP contribution in [0, 0.1) is 11.3 Å². The summed E-state index contributed by atoms with van der Waals surface area (Å²) in [5.41, 5.74) is 9.60. The first kappa shape index (κ1) is 29.4. The molecule has 0 radical (unpaired) electrons. The standard InChI is InChI=1S/C32H40N6O4/c1-21(39)24-8-6-22(7-9-24)18-28(40)31-26-4-3-5-27(37-17-16-35(2)20-30(37)42)25(26)12-15-38(31)29(41)19-23-10-13-36(14-11-23)32(33)34/h3-9,23,31H,10-20H2,1-2H3,(H3,33,34)/t31-/m1/s1. The normalized spacial score (nSPS) is 19.9. The van der Waals surface area contributed by atoms with Gasteiger partial charge in [-0.15, -0.1) is 0 Å². The van der Waals surface area contributed by atoms with Crippen molar-refractivity contribution in [3.63, 3.8) is 0 Å². The number of carbonyl (C=O) groups is 4. The molecule has 42 heavy (non-hydrogen) atoms. The van der Waals surface area contributed by atoms with Crippen molar-refractivity contribution in [2.75, 3.05) is 51.2 Å². The van der Waals surface area contributed by atoms with Gasteiger partial charge < -0.3 is 20.4 Å². The Balaban J connectivity index is 1.43. The Morgan fingerprint density at radius 1 is 0.976 bits per heavy atom. The number of Topliss-reactive ketones (excluding diaryl/α,β-unsaturated/α-hetero) is 2. The number of amides is 2. The number of nitrogens with zero attached hydrogens (tertiary/aromatic N) is 4. The van der Waals surface area contributed by atoms with E-state index in [0.717, 1.165) is 41.8 Å². The van der Waals surface area contributed by atoms with Crippen LogP contribution in [0.1, 0.15) is 59.3 Å². The molecule has 2 aromatic carbocycles. The summed E-state index contributed by atoms with van der Waals surface area (Å²) in [6, 6.07) is 12.1. The van der Waals surface area contributed by atoms with Gasteiger partial charge >= 0.3 is 0 Å². The number of carbonyl (C=O) groups excluding carboxylic acids is 4. The van der Waals surface area contributed by atoms with Crippen molar-refractivity contribution in [3.8, 4) is 0 Å². The number of hydrogen-bond donors (Lipinski definition) is 2. The van der Waals surface area contributed by atoms with E-state index in [2.05, 4.69) is 0 Å². The second kappa shape index (κ2) is 12.4. The largest absolute Gasteiger partial charge is 0.370 e. The molecule has 0 spiro atoms. The quantitative estimate of drug-likeness (QED) is 0.296. The summed E-state index contributed by atoms with van der Waals surface area (Å²) in [6.45, 7) is 4.89. The zero-order chi connectivity index (χ0) is 30.0. The van der Waals surface area contributed by atoms with Crippen molar-refractivity contribution in [2.24, 2.45) is 11.7 Å². The van der Waals surface area contributed by atoms with Crippen molar-refractivity contribution >= 4 is 35.0 Å². The fourth-order valence-corrected chi connectivity index (χ4v) is 6.46. The van der Waals surface area contributed by atoms with Gasteiger partial charge in [-0.1, -0.05) is 36.4 Å². The summed E-state index contributed by atoms with van der Waals surface area (Å²) >= 11 is 0. The lowest BCUT2D eigenvalue weighted by atomic mass is 9.85. The first-order valence-electron chi connectivity index (χ1n) is 14.7. The third kappa shape index (κ3) is 6.23. The van der Waals surface area contributed by atoms with Gasteiger partial charge in [0.25, 0.3) is 0 Å². The molecule has 10 heteroatoms. The Labute approximate surface area is 246 Å². The first-order valence-corrected chi connectivity index (χ1v) is 14.7. The van der Waals surface area contributed by atoms with E-state index in [4.69, 9.17) is 11.1 Å². The average Bonchev–Trinajstić information content (AvgIpc) is 2.97. The molecule has 0 bridgehead atoms. The second-order valence-corrected chi connectivity index (χ2v) is 11.8. The van der Waals surface area contributed by atoms with Crippen LogP contribution in [0.2, 0.25) is 0 Å². The highest BCUT2D eigenvalue weighted by Gasteiger charge is 2.38. The smallest absolute Gasteiger partial charge is 0.241 e. The molecule has 1 atom stereocenters. The Morgan fingerprint density at radius 2 is 1.69 bits per heavy atom. The molecular weight excluding hydrogens is 532 g/mol. The molecule has 2 fully saturated rings. The van der Waals surface area contributed by atoms with Gasteiger partial charge in [0.05, 0.1) is 6.54 Å². The molecule has 222 valence electrons. The molecule has 0 unspecified atom stereocenters. The maximum Gasteiger partial charge on any atom is 0.241 e. The van der Waals surface area contributed by atoms with E-state index in [1.54, 1.807) is 29.2 Å². The van der Waals surface area contributed by atoms with Gasteiger partial charge in [0.2, 0.25) is 11.8 Å². The van der Waals surface area contributed by atoms with E-state index in [1.165, 1.54) is 6.92 Å². The molecule has 0 saturated carbocycles. The molecule has 2 saturated heterocycles. The Kier molecular flexibility index (Phi) is 8.72. The van der Waals surface area contributed by atoms with Crippen LogP contribution in [-0.2, 0) is 27.2 Å². The zero-order valence-corrected chi connectivity index (χ0v) is 24.5. The van der Waals surface area contributed by atoms with E-state index < -0.39 is 6.04 Å². The molecule has 2 amide bonds. The van der Waals surface area contributed by atoms with E-state index in [9.17, 15) is 19.2 Å². The van der Waals surface area contributed by atoms with E-state index in [-0.39, 0.29) is 41.7 Å². The highest BCUT2D eigenvalue weighted by molar-refractivity contribution is 5.98. The van der Waals surface area contributed by atoms with Crippen molar-refractivity contribution in [2.45, 2.75) is 45.1 Å². The van der Waals surface area contributed by atoms with Crippen molar-refractivity contribution in [1.82, 2.24) is 14.7 Å². The van der Waals surface area contributed by atoms with Crippen LogP contribution in [-0.4, -0.2) is 90.4 Å². The van der Waals surface area contributed by atoms with Crippen molar-refractivity contribution < 1.29 is 19.2 Å². The number of rotatable bonds is 7. The minimum absolute atomic E-state index is 0.0287. The predicted octanol–water partition coefficient (Wildman–Crippen LogP) is 2.40. The number of piperazine rings is 1. The summed E-state index contributed by atoms with van der Waals surface area (Å²) in [7, 11) is 1.93. The molecule has 0 aliphatic carbocycles. The van der Waals surface area contributed by atoms with Crippen LogP contribution in [0.3, 0.4) is 0 Å². The monoisotopic (exact) mass is 572 g/mol. The van der Waals surface area contributed by atoms with Crippen molar-refractivity contribution in [1.29, 1.82) is 5.41 Å². The van der Waals surface area contributed by atoms with Gasteiger partial charge in [0.1, 0.15) is 6.04 Å². The van der Waals surface area contributed by atoms with Crippen LogP contribution in [0.4, 0.5) is 5.69 Å². The van der Waals surface area contributed by atoms with E-state index in [0.29, 0.717) is 51.1 Å². The van der Waals surface area contributed by atoms with Gasteiger partial charge in [-0.2, -0.15) is 0 Å². The number of guanidine groups is 1. The number of likely N-dealkylation sites (N-methyl/N-ethyl adjacent to an activating group) is 1. The number of nitrogens with one attached hydrogen (secondary N) is 1. The molecule has 3 aliphatic heterocycles. The third-order valence-electron chi connectivity index (χ3n) is 8.88. The second-order valence-electron chi connectivity index (χ2n) is 11.8. The number of nitrogens with two attached hydrogens (primary N) is 1. The number of benzene rings is 2. The number of hydrogen-bond acceptors (Lipinski definition) is 6. The summed E-state index contributed by atoms with van der Waals surface area (Å²) in [5, 5.41) is 7.69. The molecule has 10 nitrogen and oxygen atoms in total. The summed E-state index contributed by atoms with van der Waals surface area (Å²) in [4.78, 5) is 60.0. The Hall–Kier alpha value is -4.05. The molecular formula is C32H40N6O4. The van der Waals surface area contributed by atoms with Gasteiger partial charge in [-0.05, 0) is 61.9 Å². The summed E-state index contributed by atoms with van der Waals surface area (Å²) < 4.78 is 0. The molecule has 2 aromatic rings. The van der Waals surface area contributed by atoms with Gasteiger partial charge in [0, 0.05) is 56.8 Å². The number of ketones is 2. The zero-order valence-electron chi connectivity index (χ0n) is 24.5. The van der Waals surface area contributed by atoms with Gasteiger partial charge in [-0.3, -0.25) is 29.5 Å². The maximum atomic E-state index is 14.1. The number of likely N-dealkylation sites (tertiary alicyclic amines) is 1. The molecule has 0 aromatic heterocycles. The predicted molar refractivity (Wildman–Crippen MR) is 160 cm³/mol. The van der Waals surface area contributed by atoms with E-state index >= 15 is 0 Å². The number of fused-ring (bicyclic) bond motifs is 1. The minimum atomic E-state index is -0.756. The minimum Gasteiger partial charge on any atom is -0.370 e. The lowest BCUT2D eigenvalue weighted by Gasteiger charge is -2.40. The number of piperidine rings is 1. The third-order valence-corrected chi connectivity index (χ3v) is 8.88. The molecule has 3 heterocycles. The SMILES string of the molecule is CC(=O)c1ccc(CC(=O)[C@H]2c3cccc(N4CCN(C)CC4=O)c3CCN2C(=O)CC2CCN(C(=N)N)CC2)cc1. The lowest BCUT2D eigenvalue weighted by molar-refractivity contribution is -0.141. The van der Waals surface area contributed by atoms with Gasteiger partial charge in [-0.25, -0.2) is 0 Å². The molecule has 3 N–H and O–H groups in total. The Bertz CT molecular complexity index is 1380. The highest BCUT2D eigenvalue weighted by atomic mass is 16.2. The number of anilines is 1. The first-order chi connectivity index (χ1) is 20.1. The molecule has 5 rings (SSSR count). The Morgan fingerprint density at radius 3 is 2.33 bits per heavy atom. The maximum absolute atomic E-state index is 14.1. The van der Waals surface area contributed by atoms with Crippen LogP contribution in [0.5, 0.6) is 0 Å². The fraction of sp³-hybridized carbons (Fsp3) is 0.469. The summed E-state index contributed by atoms with van der Waals surface area (Å²) in [6.07, 6.45) is 2.57. The topological polar surface area (TPSA) is 131 Å². The van der Waals surface area contributed by atoms with Crippen LogP contribution >= 0.6 is 0 Å². The van der Waals surface area contributed by atoms with Crippen molar-refractivity contribution in [3.05, 3.63) is 64.7 Å². The fourth-order valence-electron chi connectivity index (χ4n) is 6.46. The van der Waals surface area contributed by atoms with Crippen LogP contribution in [0.25, 0.3) is 0 Å². The molecule has 3 aliphatic rings. The van der Waals surface area contributed by atoms with Gasteiger partial charge in [0.15, 0.2) is 17.5 Å². The highest BCUT2D eigenvalue weighted by Crippen LogP contribution is 2.38. The van der Waals surface area contributed by atoms with Crippen LogP contribution < -0.4 is 10.6 Å². The lowest BCUT2D eigenvalue weighted by Crippen LogP contribution is -2.50. The van der Waals surface area contributed by atoms with E-state index in [1.807, 2.05) is 39.9 Å². The summed E-state index contributed by atoms with van der Waals surface area (Å²) in [5.74, 6) is 0.0797. The van der Waals surface area contributed by atoms with Crippen LogP contribution in [0.15, 0.2) is 42.5 Å².